The topological polar surface area (TPSA) is 20.2 Å². The van der Waals surface area contributed by atoms with Crippen LogP contribution in [0, 0.1) is 0 Å². The van der Waals surface area contributed by atoms with E-state index >= 15 is 0 Å². The SMILES string of the molecule is CCc1c(C(F)(F)F)ccc(O)c1C(F)(F)F. The number of halogens is 6. The molecule has 0 bridgehead atoms. The molecule has 0 unspecified atom stereocenters. The quantitative estimate of drug-likeness (QED) is 0.755. The summed E-state index contributed by atoms with van der Waals surface area (Å²) >= 11 is 0. The van der Waals surface area contributed by atoms with Crippen molar-refractivity contribution in [2.75, 3.05) is 0 Å². The molecule has 0 heterocycles. The Bertz CT molecular complexity index is 418. The Labute approximate surface area is 92.7 Å². The number of hydrogen-bond acceptors (Lipinski definition) is 1. The minimum absolute atomic E-state index is 0.408. The number of aromatic hydroxyl groups is 1. The molecule has 1 N–H and O–H groups in total. The molecule has 0 aliphatic heterocycles. The third kappa shape index (κ3) is 2.65. The number of rotatable bonds is 1. The number of phenolic OH excluding ortho intramolecular Hbond substituents is 1. The molecule has 96 valence electrons. The molecule has 1 nitrogen and oxygen atoms in total. The zero-order chi connectivity index (χ0) is 13.4. The largest absolute Gasteiger partial charge is 0.507 e. The second-order valence-corrected chi connectivity index (χ2v) is 3.33. The summed E-state index contributed by atoms with van der Waals surface area (Å²) in [6, 6.07) is 0.855. The average Bonchev–Trinajstić information content (AvgIpc) is 2.12. The van der Waals surface area contributed by atoms with E-state index in [-0.39, 0.29) is 0 Å². The van der Waals surface area contributed by atoms with Crippen LogP contribution < -0.4 is 0 Å². The van der Waals surface area contributed by atoms with Crippen LogP contribution in [0.25, 0.3) is 0 Å². The summed E-state index contributed by atoms with van der Waals surface area (Å²) in [6.07, 6.45) is -10.4. The summed E-state index contributed by atoms with van der Waals surface area (Å²) in [5.74, 6) is -1.19. The lowest BCUT2D eigenvalue weighted by molar-refractivity contribution is -0.144. The molecule has 7 heteroatoms. The number of benzene rings is 1. The number of alkyl halides is 6. The van der Waals surface area contributed by atoms with Crippen molar-refractivity contribution in [1.29, 1.82) is 0 Å². The van der Waals surface area contributed by atoms with Crippen molar-refractivity contribution in [2.24, 2.45) is 0 Å². The molecule has 0 aliphatic rings. The van der Waals surface area contributed by atoms with Crippen molar-refractivity contribution in [2.45, 2.75) is 25.7 Å². The fourth-order valence-electron chi connectivity index (χ4n) is 1.58. The molecule has 0 saturated carbocycles. The van der Waals surface area contributed by atoms with E-state index < -0.39 is 41.2 Å². The molecule has 0 amide bonds. The van der Waals surface area contributed by atoms with Crippen LogP contribution >= 0.6 is 0 Å². The van der Waals surface area contributed by atoms with Gasteiger partial charge in [-0.1, -0.05) is 6.92 Å². The molecule has 0 spiro atoms. The lowest BCUT2D eigenvalue weighted by atomic mass is 9.97. The molecule has 0 radical (unpaired) electrons. The Morgan fingerprint density at radius 2 is 1.53 bits per heavy atom. The highest BCUT2D eigenvalue weighted by molar-refractivity contribution is 5.47. The fourth-order valence-corrected chi connectivity index (χ4v) is 1.58. The fraction of sp³-hybridized carbons (Fsp3) is 0.400. The van der Waals surface area contributed by atoms with E-state index in [1.54, 1.807) is 0 Å². The van der Waals surface area contributed by atoms with E-state index in [4.69, 9.17) is 5.11 Å². The van der Waals surface area contributed by atoms with Crippen molar-refractivity contribution >= 4 is 0 Å². The molecule has 1 aromatic carbocycles. The first kappa shape index (κ1) is 13.7. The van der Waals surface area contributed by atoms with E-state index in [9.17, 15) is 26.3 Å². The van der Waals surface area contributed by atoms with Crippen molar-refractivity contribution in [1.82, 2.24) is 0 Å². The van der Waals surface area contributed by atoms with Gasteiger partial charge >= 0.3 is 12.4 Å². The maximum absolute atomic E-state index is 12.5. The molecular weight excluding hydrogens is 250 g/mol. The second-order valence-electron chi connectivity index (χ2n) is 3.33. The van der Waals surface area contributed by atoms with E-state index in [0.717, 1.165) is 0 Å². The van der Waals surface area contributed by atoms with E-state index in [0.29, 0.717) is 12.1 Å². The molecule has 1 aromatic rings. The first-order valence-corrected chi connectivity index (χ1v) is 4.58. The summed E-state index contributed by atoms with van der Waals surface area (Å²) < 4.78 is 75.1. The normalized spacial score (nSPS) is 12.9. The standard InChI is InChI=1S/C10H8F6O/c1-2-5-6(9(11,12)13)3-4-7(17)8(5)10(14,15)16/h3-4,17H,2H2,1H3. The van der Waals surface area contributed by atoms with Crippen LogP contribution in [-0.2, 0) is 18.8 Å². The van der Waals surface area contributed by atoms with Crippen LogP contribution in [0.1, 0.15) is 23.6 Å². The van der Waals surface area contributed by atoms with Crippen molar-refractivity contribution < 1.29 is 31.4 Å². The van der Waals surface area contributed by atoms with Gasteiger partial charge < -0.3 is 5.11 Å². The molecule has 0 atom stereocenters. The Kier molecular flexibility index (Phi) is 3.31. The van der Waals surface area contributed by atoms with Gasteiger partial charge in [0, 0.05) is 0 Å². The zero-order valence-corrected chi connectivity index (χ0v) is 8.58. The van der Waals surface area contributed by atoms with Crippen molar-refractivity contribution in [3.05, 3.63) is 28.8 Å². The maximum atomic E-state index is 12.5. The number of phenols is 1. The molecule has 0 fully saturated rings. The Morgan fingerprint density at radius 3 is 1.88 bits per heavy atom. The third-order valence-electron chi connectivity index (χ3n) is 2.23. The van der Waals surface area contributed by atoms with E-state index in [1.807, 2.05) is 0 Å². The lowest BCUT2D eigenvalue weighted by Crippen LogP contribution is -2.16. The Balaban J connectivity index is 3.60. The second kappa shape index (κ2) is 4.12. The van der Waals surface area contributed by atoms with Crippen LogP contribution in [0.15, 0.2) is 12.1 Å². The summed E-state index contributed by atoms with van der Waals surface area (Å²) in [5, 5.41) is 9.06. The minimum atomic E-state index is -5.02. The van der Waals surface area contributed by atoms with Crippen LogP contribution in [0.5, 0.6) is 5.75 Å². The van der Waals surface area contributed by atoms with Gasteiger partial charge in [0.25, 0.3) is 0 Å². The average molecular weight is 258 g/mol. The van der Waals surface area contributed by atoms with Gasteiger partial charge in [-0.15, -0.1) is 0 Å². The van der Waals surface area contributed by atoms with Crippen molar-refractivity contribution in [3.8, 4) is 5.75 Å². The molecular formula is C10H8F6O. The van der Waals surface area contributed by atoms with Gasteiger partial charge in [-0.05, 0) is 24.1 Å². The molecule has 0 aliphatic carbocycles. The van der Waals surface area contributed by atoms with Crippen LogP contribution in [0.3, 0.4) is 0 Å². The van der Waals surface area contributed by atoms with Gasteiger partial charge in [0.15, 0.2) is 0 Å². The first-order valence-electron chi connectivity index (χ1n) is 4.58. The molecule has 17 heavy (non-hydrogen) atoms. The predicted molar refractivity (Wildman–Crippen MR) is 47.5 cm³/mol. The van der Waals surface area contributed by atoms with Gasteiger partial charge in [0.1, 0.15) is 11.3 Å². The third-order valence-corrected chi connectivity index (χ3v) is 2.23. The summed E-state index contributed by atoms with van der Waals surface area (Å²) in [6.45, 7) is 1.17. The Morgan fingerprint density at radius 1 is 1.00 bits per heavy atom. The summed E-state index contributed by atoms with van der Waals surface area (Å²) in [7, 11) is 0. The predicted octanol–water partition coefficient (Wildman–Crippen LogP) is 3.99. The van der Waals surface area contributed by atoms with Gasteiger partial charge in [-0.2, -0.15) is 26.3 Å². The highest BCUT2D eigenvalue weighted by Gasteiger charge is 2.42. The smallest absolute Gasteiger partial charge is 0.420 e. The monoisotopic (exact) mass is 258 g/mol. The van der Waals surface area contributed by atoms with Crippen LogP contribution in [0.4, 0.5) is 26.3 Å². The zero-order valence-electron chi connectivity index (χ0n) is 8.58. The minimum Gasteiger partial charge on any atom is -0.507 e. The maximum Gasteiger partial charge on any atom is 0.420 e. The lowest BCUT2D eigenvalue weighted by Gasteiger charge is -2.18. The van der Waals surface area contributed by atoms with Gasteiger partial charge in [0.2, 0.25) is 0 Å². The van der Waals surface area contributed by atoms with Crippen molar-refractivity contribution in [3.63, 3.8) is 0 Å². The first-order chi connectivity index (χ1) is 7.59. The number of hydrogen-bond donors (Lipinski definition) is 1. The van der Waals surface area contributed by atoms with E-state index in [1.165, 1.54) is 6.92 Å². The van der Waals surface area contributed by atoms with Crippen LogP contribution in [0.2, 0.25) is 0 Å². The highest BCUT2D eigenvalue weighted by Crippen LogP contribution is 2.43. The van der Waals surface area contributed by atoms with Gasteiger partial charge in [-0.25, -0.2) is 0 Å². The highest BCUT2D eigenvalue weighted by atomic mass is 19.4. The van der Waals surface area contributed by atoms with Crippen LogP contribution in [-0.4, -0.2) is 5.11 Å². The van der Waals surface area contributed by atoms with Gasteiger partial charge in [-0.3, -0.25) is 0 Å². The molecule has 0 saturated heterocycles. The summed E-state index contributed by atoms with van der Waals surface area (Å²) in [5.41, 5.74) is -3.93. The van der Waals surface area contributed by atoms with E-state index in [2.05, 4.69) is 0 Å². The molecule has 1 rings (SSSR count). The van der Waals surface area contributed by atoms with Gasteiger partial charge in [0.05, 0.1) is 5.56 Å². The molecule has 0 aromatic heterocycles. The summed E-state index contributed by atoms with van der Waals surface area (Å²) in [4.78, 5) is 0. The Hall–Kier alpha value is -1.40.